The first-order valence-electron chi connectivity index (χ1n) is 11.0. The van der Waals surface area contributed by atoms with Gasteiger partial charge in [0, 0.05) is 44.7 Å². The van der Waals surface area contributed by atoms with Gasteiger partial charge in [-0.1, -0.05) is 66.7 Å². The van der Waals surface area contributed by atoms with Gasteiger partial charge in [-0.25, -0.2) is 0 Å². The van der Waals surface area contributed by atoms with E-state index in [1.54, 1.807) is 0 Å². The second-order valence-electron chi connectivity index (χ2n) is 7.99. The topological polar surface area (TPSA) is 26.8 Å². The molecule has 4 rings (SSSR count). The van der Waals surface area contributed by atoms with Crippen LogP contribution in [0.2, 0.25) is 0 Å². The predicted molar refractivity (Wildman–Crippen MR) is 125 cm³/mol. The summed E-state index contributed by atoms with van der Waals surface area (Å²) in [5.41, 5.74) is 2.41. The number of hydrogen-bond donors (Lipinski definition) is 0. The van der Waals surface area contributed by atoms with E-state index in [4.69, 9.17) is 0 Å². The second-order valence-corrected chi connectivity index (χ2v) is 7.99. The van der Waals surface area contributed by atoms with Gasteiger partial charge in [0.05, 0.1) is 12.2 Å². The fourth-order valence-electron chi connectivity index (χ4n) is 4.30. The first kappa shape index (κ1) is 20.6. The zero-order valence-electron chi connectivity index (χ0n) is 17.8. The molecule has 4 heteroatoms. The van der Waals surface area contributed by atoms with Crippen molar-refractivity contribution < 1.29 is 4.79 Å². The van der Waals surface area contributed by atoms with Crippen LogP contribution in [0.15, 0.2) is 72.8 Å². The summed E-state index contributed by atoms with van der Waals surface area (Å²) in [6, 6.07) is 25.2. The molecule has 0 radical (unpaired) electrons. The molecule has 30 heavy (non-hydrogen) atoms. The van der Waals surface area contributed by atoms with Crippen LogP contribution in [0.5, 0.6) is 0 Å². The van der Waals surface area contributed by atoms with Gasteiger partial charge in [-0.15, -0.1) is 0 Å². The van der Waals surface area contributed by atoms with Crippen LogP contribution in [0.25, 0.3) is 10.8 Å². The molecule has 4 nitrogen and oxygen atoms in total. The number of piperazine rings is 1. The Balaban J connectivity index is 1.32. The lowest BCUT2D eigenvalue weighted by Crippen LogP contribution is -2.50. The molecule has 3 aromatic carbocycles. The van der Waals surface area contributed by atoms with Crippen molar-refractivity contribution in [1.82, 2.24) is 9.80 Å². The molecule has 0 bridgehead atoms. The second kappa shape index (κ2) is 9.88. The van der Waals surface area contributed by atoms with Gasteiger partial charge in [-0.05, 0) is 30.4 Å². The van der Waals surface area contributed by atoms with Crippen LogP contribution >= 0.6 is 0 Å². The number of amides is 1. The zero-order valence-corrected chi connectivity index (χ0v) is 17.8. The van der Waals surface area contributed by atoms with Crippen molar-refractivity contribution in [3.8, 4) is 0 Å². The SMILES string of the molecule is CCN(C(=O)CN1CCN(CCc2ccccc2)CC1)c1cccc2ccccc12. The summed E-state index contributed by atoms with van der Waals surface area (Å²) >= 11 is 0. The van der Waals surface area contributed by atoms with E-state index in [2.05, 4.69) is 71.3 Å². The summed E-state index contributed by atoms with van der Waals surface area (Å²) in [7, 11) is 0. The van der Waals surface area contributed by atoms with E-state index in [9.17, 15) is 4.79 Å². The molecular weight excluding hydrogens is 370 g/mol. The van der Waals surface area contributed by atoms with Gasteiger partial charge in [-0.2, -0.15) is 0 Å². The standard InChI is InChI=1S/C26H31N3O/c1-2-29(25-14-8-12-23-11-6-7-13-24(23)25)26(30)21-28-19-17-27(18-20-28)16-15-22-9-4-3-5-10-22/h3-14H,2,15-21H2,1H3. The highest BCUT2D eigenvalue weighted by molar-refractivity contribution is 6.04. The van der Waals surface area contributed by atoms with E-state index in [1.165, 1.54) is 10.9 Å². The highest BCUT2D eigenvalue weighted by atomic mass is 16.2. The van der Waals surface area contributed by atoms with E-state index >= 15 is 0 Å². The number of anilines is 1. The first-order valence-corrected chi connectivity index (χ1v) is 11.0. The lowest BCUT2D eigenvalue weighted by atomic mass is 10.1. The van der Waals surface area contributed by atoms with Crippen molar-refractivity contribution in [2.24, 2.45) is 0 Å². The summed E-state index contributed by atoms with van der Waals surface area (Å²) in [5.74, 6) is 0.187. The van der Waals surface area contributed by atoms with E-state index in [0.717, 1.165) is 50.2 Å². The molecule has 1 saturated heterocycles. The molecule has 1 fully saturated rings. The minimum Gasteiger partial charge on any atom is -0.311 e. The summed E-state index contributed by atoms with van der Waals surface area (Å²) < 4.78 is 0. The fraction of sp³-hybridized carbons (Fsp3) is 0.346. The normalized spacial score (nSPS) is 15.4. The highest BCUT2D eigenvalue weighted by Gasteiger charge is 2.22. The fourth-order valence-corrected chi connectivity index (χ4v) is 4.30. The molecular formula is C26H31N3O. The monoisotopic (exact) mass is 401 g/mol. The Labute approximate surface area is 179 Å². The van der Waals surface area contributed by atoms with E-state index in [1.807, 2.05) is 23.1 Å². The average Bonchev–Trinajstić information content (AvgIpc) is 2.80. The number of rotatable bonds is 7. The van der Waals surface area contributed by atoms with Crippen LogP contribution in [0.4, 0.5) is 5.69 Å². The van der Waals surface area contributed by atoms with Crippen LogP contribution < -0.4 is 4.90 Å². The minimum atomic E-state index is 0.187. The number of carbonyl (C=O) groups excluding carboxylic acids is 1. The lowest BCUT2D eigenvalue weighted by Gasteiger charge is -2.35. The number of benzene rings is 3. The maximum absolute atomic E-state index is 13.1. The Hall–Kier alpha value is -2.69. The summed E-state index contributed by atoms with van der Waals surface area (Å²) in [6.07, 6.45) is 1.09. The molecule has 0 aromatic heterocycles. The molecule has 3 aromatic rings. The van der Waals surface area contributed by atoms with E-state index < -0.39 is 0 Å². The van der Waals surface area contributed by atoms with Crippen molar-refractivity contribution in [3.63, 3.8) is 0 Å². The van der Waals surface area contributed by atoms with Crippen molar-refractivity contribution in [2.45, 2.75) is 13.3 Å². The third-order valence-electron chi connectivity index (χ3n) is 6.06. The molecule has 0 N–H and O–H groups in total. The van der Waals surface area contributed by atoms with Crippen LogP contribution in [0.1, 0.15) is 12.5 Å². The first-order chi connectivity index (χ1) is 14.7. The average molecular weight is 402 g/mol. The van der Waals surface area contributed by atoms with Crippen LogP contribution in [0, 0.1) is 0 Å². The van der Waals surface area contributed by atoms with E-state index in [-0.39, 0.29) is 5.91 Å². The maximum Gasteiger partial charge on any atom is 0.241 e. The molecule has 0 atom stereocenters. The predicted octanol–water partition coefficient (Wildman–Crippen LogP) is 4.05. The number of hydrogen-bond acceptors (Lipinski definition) is 3. The van der Waals surface area contributed by atoms with Gasteiger partial charge in [0.25, 0.3) is 0 Å². The summed E-state index contributed by atoms with van der Waals surface area (Å²) in [6.45, 7) is 8.28. The molecule has 0 unspecified atom stereocenters. The van der Waals surface area contributed by atoms with Crippen LogP contribution in [-0.2, 0) is 11.2 Å². The quantitative estimate of drug-likeness (QED) is 0.598. The van der Waals surface area contributed by atoms with Crippen molar-refractivity contribution in [3.05, 3.63) is 78.4 Å². The van der Waals surface area contributed by atoms with Gasteiger partial charge in [-0.3, -0.25) is 9.69 Å². The van der Waals surface area contributed by atoms with Gasteiger partial charge < -0.3 is 9.80 Å². The molecule has 0 saturated carbocycles. The Bertz CT molecular complexity index is 959. The maximum atomic E-state index is 13.1. The summed E-state index contributed by atoms with van der Waals surface area (Å²) in [4.78, 5) is 19.9. The van der Waals surface area contributed by atoms with Crippen molar-refractivity contribution in [1.29, 1.82) is 0 Å². The smallest absolute Gasteiger partial charge is 0.241 e. The molecule has 0 spiro atoms. The third-order valence-corrected chi connectivity index (χ3v) is 6.06. The Kier molecular flexibility index (Phi) is 6.77. The summed E-state index contributed by atoms with van der Waals surface area (Å²) in [5, 5.41) is 2.31. The minimum absolute atomic E-state index is 0.187. The molecule has 0 aliphatic carbocycles. The Morgan fingerprint density at radius 3 is 2.27 bits per heavy atom. The molecule has 156 valence electrons. The zero-order chi connectivity index (χ0) is 20.8. The van der Waals surface area contributed by atoms with Crippen LogP contribution in [0.3, 0.4) is 0 Å². The van der Waals surface area contributed by atoms with Crippen LogP contribution in [-0.4, -0.2) is 61.5 Å². The van der Waals surface area contributed by atoms with Gasteiger partial charge in [0.2, 0.25) is 5.91 Å². The number of likely N-dealkylation sites (N-methyl/N-ethyl adjacent to an activating group) is 1. The number of nitrogens with zero attached hydrogens (tertiary/aromatic N) is 3. The molecule has 1 heterocycles. The van der Waals surface area contributed by atoms with Gasteiger partial charge >= 0.3 is 0 Å². The highest BCUT2D eigenvalue weighted by Crippen LogP contribution is 2.26. The molecule has 1 aliphatic heterocycles. The third kappa shape index (κ3) is 4.89. The van der Waals surface area contributed by atoms with Gasteiger partial charge in [0.1, 0.15) is 0 Å². The van der Waals surface area contributed by atoms with Gasteiger partial charge in [0.15, 0.2) is 0 Å². The van der Waals surface area contributed by atoms with Crippen molar-refractivity contribution >= 4 is 22.4 Å². The Morgan fingerprint density at radius 2 is 1.50 bits per heavy atom. The van der Waals surface area contributed by atoms with E-state index in [0.29, 0.717) is 13.1 Å². The lowest BCUT2D eigenvalue weighted by molar-refractivity contribution is -0.120. The largest absolute Gasteiger partial charge is 0.311 e. The molecule has 1 amide bonds. The number of fused-ring (bicyclic) bond motifs is 1. The number of carbonyl (C=O) groups is 1. The Morgan fingerprint density at radius 1 is 0.833 bits per heavy atom. The van der Waals surface area contributed by atoms with Crippen molar-refractivity contribution in [2.75, 3.05) is 50.7 Å². The molecule has 1 aliphatic rings.